The third-order valence-electron chi connectivity index (χ3n) is 4.65. The quantitative estimate of drug-likeness (QED) is 0.535. The second-order valence-electron chi connectivity index (χ2n) is 5.99. The average Bonchev–Trinajstić information content (AvgIpc) is 3.06. The van der Waals surface area contributed by atoms with Crippen molar-refractivity contribution in [2.75, 3.05) is 0 Å². The Morgan fingerprint density at radius 2 is 2.15 bits per heavy atom. The topological polar surface area (TPSA) is 21.8 Å². The Bertz CT molecular complexity index is 462. The maximum absolute atomic E-state index is 6.18. The monoisotopic (exact) mass is 294 g/mol. The van der Waals surface area contributed by atoms with Crippen molar-refractivity contribution in [3.05, 3.63) is 34.9 Å². The molecule has 1 aromatic carbocycles. The van der Waals surface area contributed by atoms with Crippen LogP contribution in [0.1, 0.15) is 51.0 Å². The third-order valence-corrected chi connectivity index (χ3v) is 5.02. The van der Waals surface area contributed by atoms with Crippen LogP contribution >= 0.6 is 11.6 Å². The van der Waals surface area contributed by atoms with E-state index in [1.165, 1.54) is 19.3 Å². The predicted octanol–water partition coefficient (Wildman–Crippen LogP) is 4.74. The lowest BCUT2D eigenvalue weighted by atomic mass is 9.97. The summed E-state index contributed by atoms with van der Waals surface area (Å²) in [6.07, 6.45) is 7.93. The van der Waals surface area contributed by atoms with Crippen LogP contribution in [-0.2, 0) is 16.1 Å². The van der Waals surface area contributed by atoms with Crippen molar-refractivity contribution in [1.82, 2.24) is 0 Å². The molecule has 1 saturated heterocycles. The Morgan fingerprint density at radius 1 is 1.30 bits per heavy atom. The fourth-order valence-electron chi connectivity index (χ4n) is 3.43. The highest BCUT2D eigenvalue weighted by atomic mass is 35.5. The van der Waals surface area contributed by atoms with Crippen molar-refractivity contribution >= 4 is 11.6 Å². The van der Waals surface area contributed by atoms with Gasteiger partial charge in [-0.15, -0.1) is 0 Å². The Balaban J connectivity index is 1.56. The fraction of sp³-hybridized carbons (Fsp3) is 0.647. The molecular formula is C17H23ClO2. The fourth-order valence-corrected chi connectivity index (χ4v) is 3.62. The van der Waals surface area contributed by atoms with E-state index in [0.29, 0.717) is 12.7 Å². The van der Waals surface area contributed by atoms with E-state index in [-0.39, 0.29) is 11.7 Å². The van der Waals surface area contributed by atoms with E-state index in [9.17, 15) is 0 Å². The molecule has 2 nitrogen and oxygen atoms in total. The number of benzene rings is 1. The van der Waals surface area contributed by atoms with E-state index >= 15 is 0 Å². The normalized spacial score (nSPS) is 31.3. The molecule has 1 heterocycles. The van der Waals surface area contributed by atoms with Gasteiger partial charge in [0.05, 0.1) is 18.8 Å². The molecule has 1 saturated carbocycles. The van der Waals surface area contributed by atoms with Gasteiger partial charge in [-0.25, -0.2) is 0 Å². The first-order chi connectivity index (χ1) is 9.76. The van der Waals surface area contributed by atoms with Gasteiger partial charge in [0.2, 0.25) is 0 Å². The molecule has 3 atom stereocenters. The Kier molecular flexibility index (Phi) is 4.34. The number of fused-ring (bicyclic) bond motifs is 1. The van der Waals surface area contributed by atoms with Gasteiger partial charge in [0.1, 0.15) is 5.60 Å². The van der Waals surface area contributed by atoms with Gasteiger partial charge in [-0.2, -0.15) is 0 Å². The van der Waals surface area contributed by atoms with Crippen LogP contribution < -0.4 is 0 Å². The highest BCUT2D eigenvalue weighted by molar-refractivity contribution is 6.31. The molecule has 1 aromatic rings. The van der Waals surface area contributed by atoms with Gasteiger partial charge in [0.15, 0.2) is 0 Å². The molecule has 0 radical (unpaired) electrons. The van der Waals surface area contributed by atoms with Crippen LogP contribution in [0.5, 0.6) is 0 Å². The number of epoxide rings is 1. The van der Waals surface area contributed by atoms with Gasteiger partial charge in [-0.3, -0.25) is 0 Å². The third kappa shape index (κ3) is 2.74. The van der Waals surface area contributed by atoms with Crippen LogP contribution in [0.2, 0.25) is 5.02 Å². The maximum atomic E-state index is 6.18. The zero-order chi connectivity index (χ0) is 14.0. The zero-order valence-electron chi connectivity index (χ0n) is 12.1. The summed E-state index contributed by atoms with van der Waals surface area (Å²) < 4.78 is 12.1. The van der Waals surface area contributed by atoms with Crippen LogP contribution in [-0.4, -0.2) is 17.8 Å². The van der Waals surface area contributed by atoms with E-state index in [2.05, 4.69) is 6.92 Å². The number of halogens is 1. The Hall–Kier alpha value is -0.570. The summed E-state index contributed by atoms with van der Waals surface area (Å²) in [5, 5.41) is 0.791. The van der Waals surface area contributed by atoms with E-state index in [1.54, 1.807) is 0 Å². The molecule has 0 aromatic heterocycles. The molecule has 0 N–H and O–H groups in total. The molecule has 0 bridgehead atoms. The number of hydrogen-bond acceptors (Lipinski definition) is 2. The summed E-state index contributed by atoms with van der Waals surface area (Å²) in [4.78, 5) is 0. The number of rotatable bonds is 7. The first-order valence-corrected chi connectivity index (χ1v) is 8.17. The summed E-state index contributed by atoms with van der Waals surface area (Å²) in [6, 6.07) is 7.91. The molecule has 0 spiro atoms. The maximum Gasteiger partial charge on any atom is 0.121 e. The summed E-state index contributed by atoms with van der Waals surface area (Å²) in [7, 11) is 0. The van der Waals surface area contributed by atoms with Gasteiger partial charge < -0.3 is 9.47 Å². The van der Waals surface area contributed by atoms with Gasteiger partial charge in [-0.1, -0.05) is 56.0 Å². The number of ether oxygens (including phenoxy) is 2. The van der Waals surface area contributed by atoms with Gasteiger partial charge in [-0.05, 0) is 30.9 Å². The summed E-state index contributed by atoms with van der Waals surface area (Å²) in [5.41, 5.74) is 1.11. The van der Waals surface area contributed by atoms with Crippen LogP contribution in [0.3, 0.4) is 0 Å². The first-order valence-electron chi connectivity index (χ1n) is 7.79. The van der Waals surface area contributed by atoms with Gasteiger partial charge in [0.25, 0.3) is 0 Å². The molecule has 3 rings (SSSR count). The summed E-state index contributed by atoms with van der Waals surface area (Å²) in [6.45, 7) is 2.83. The molecule has 1 aliphatic heterocycles. The Labute approximate surface area is 126 Å². The molecule has 110 valence electrons. The molecule has 0 unspecified atom stereocenters. The molecule has 0 amide bonds. The SMILES string of the molecule is CCCCC[C@]12O[C@@H]1CC[C@H]2OCc1ccccc1Cl. The summed E-state index contributed by atoms with van der Waals surface area (Å²) >= 11 is 6.18. The highest BCUT2D eigenvalue weighted by Gasteiger charge is 2.65. The van der Waals surface area contributed by atoms with Crippen LogP contribution in [0.25, 0.3) is 0 Å². The van der Waals surface area contributed by atoms with Crippen molar-refractivity contribution in [1.29, 1.82) is 0 Å². The van der Waals surface area contributed by atoms with Crippen molar-refractivity contribution in [2.24, 2.45) is 0 Å². The van der Waals surface area contributed by atoms with Crippen LogP contribution in [0, 0.1) is 0 Å². The molecule has 2 fully saturated rings. The van der Waals surface area contributed by atoms with Crippen molar-refractivity contribution in [3.8, 4) is 0 Å². The minimum Gasteiger partial charge on any atom is -0.370 e. The van der Waals surface area contributed by atoms with Crippen molar-refractivity contribution < 1.29 is 9.47 Å². The van der Waals surface area contributed by atoms with Crippen molar-refractivity contribution in [3.63, 3.8) is 0 Å². The average molecular weight is 295 g/mol. The molecule has 2 aliphatic rings. The second-order valence-corrected chi connectivity index (χ2v) is 6.39. The highest BCUT2D eigenvalue weighted by Crippen LogP contribution is 2.54. The standard InChI is InChI=1S/C17H23ClO2/c1-2-3-6-11-17-15(9-10-16(17)20-17)19-12-13-7-4-5-8-14(13)18/h4-5,7-8,15-16H,2-3,6,9-12H2,1H3/t15-,16-,17-/m1/s1. The number of hydrogen-bond donors (Lipinski definition) is 0. The van der Waals surface area contributed by atoms with Crippen molar-refractivity contribution in [2.45, 2.75) is 69.9 Å². The smallest absolute Gasteiger partial charge is 0.121 e. The molecular weight excluding hydrogens is 272 g/mol. The van der Waals surface area contributed by atoms with Crippen LogP contribution in [0.4, 0.5) is 0 Å². The minimum absolute atomic E-state index is 0.0381. The largest absolute Gasteiger partial charge is 0.370 e. The second kappa shape index (κ2) is 6.05. The zero-order valence-corrected chi connectivity index (χ0v) is 12.9. The molecule has 20 heavy (non-hydrogen) atoms. The van der Waals surface area contributed by atoms with Gasteiger partial charge >= 0.3 is 0 Å². The van der Waals surface area contributed by atoms with E-state index in [0.717, 1.165) is 29.8 Å². The molecule has 3 heteroatoms. The lowest BCUT2D eigenvalue weighted by Crippen LogP contribution is -2.30. The van der Waals surface area contributed by atoms with E-state index in [1.807, 2.05) is 24.3 Å². The minimum atomic E-state index is 0.0381. The van der Waals surface area contributed by atoms with E-state index < -0.39 is 0 Å². The lowest BCUT2D eigenvalue weighted by molar-refractivity contribution is -0.0213. The Morgan fingerprint density at radius 3 is 2.90 bits per heavy atom. The van der Waals surface area contributed by atoms with Crippen LogP contribution in [0.15, 0.2) is 24.3 Å². The lowest BCUT2D eigenvalue weighted by Gasteiger charge is -2.21. The number of unbranched alkanes of at least 4 members (excludes halogenated alkanes) is 2. The first kappa shape index (κ1) is 14.4. The van der Waals surface area contributed by atoms with Gasteiger partial charge in [0, 0.05) is 5.02 Å². The predicted molar refractivity (Wildman–Crippen MR) is 81.0 cm³/mol. The van der Waals surface area contributed by atoms with E-state index in [4.69, 9.17) is 21.1 Å². The molecule has 1 aliphatic carbocycles. The summed E-state index contributed by atoms with van der Waals surface area (Å²) in [5.74, 6) is 0.